The van der Waals surface area contributed by atoms with Gasteiger partial charge in [-0.15, -0.1) is 0 Å². The highest BCUT2D eigenvalue weighted by Crippen LogP contribution is 2.46. The number of rotatable bonds is 6. The van der Waals surface area contributed by atoms with Crippen LogP contribution >= 0.6 is 15.9 Å². The first kappa shape index (κ1) is 21.2. The highest BCUT2D eigenvalue weighted by atomic mass is 79.9. The highest BCUT2D eigenvalue weighted by Gasteiger charge is 2.58. The predicted octanol–water partition coefficient (Wildman–Crippen LogP) is 4.40. The SMILES string of the molecule is CC(C1CC1)N(Cc1ccccc1)C(=O)CN1C(=O)O[C@]2(CCc3cc(Br)ccc32)C1=O. The minimum absolute atomic E-state index is 0.0509. The number of ether oxygens (including phenoxy) is 1. The van der Waals surface area contributed by atoms with Crippen LogP contribution in [0.15, 0.2) is 53.0 Å². The molecule has 2 fully saturated rings. The maximum atomic E-state index is 13.4. The van der Waals surface area contributed by atoms with Crippen molar-refractivity contribution in [2.75, 3.05) is 6.54 Å². The maximum Gasteiger partial charge on any atom is 0.418 e. The third-order valence-corrected chi connectivity index (χ3v) is 7.42. The number of fused-ring (bicyclic) bond motifs is 2. The van der Waals surface area contributed by atoms with E-state index in [0.29, 0.717) is 25.3 Å². The molecule has 5 rings (SSSR count). The summed E-state index contributed by atoms with van der Waals surface area (Å²) < 4.78 is 6.59. The summed E-state index contributed by atoms with van der Waals surface area (Å²) in [4.78, 5) is 42.4. The van der Waals surface area contributed by atoms with E-state index >= 15 is 0 Å². The summed E-state index contributed by atoms with van der Waals surface area (Å²) in [6.45, 7) is 2.21. The lowest BCUT2D eigenvalue weighted by Gasteiger charge is -2.30. The van der Waals surface area contributed by atoms with Crippen LogP contribution in [-0.2, 0) is 32.9 Å². The molecule has 32 heavy (non-hydrogen) atoms. The van der Waals surface area contributed by atoms with Gasteiger partial charge in [0.2, 0.25) is 11.5 Å². The first-order chi connectivity index (χ1) is 15.4. The second kappa shape index (κ2) is 8.03. The van der Waals surface area contributed by atoms with Gasteiger partial charge in [-0.1, -0.05) is 52.3 Å². The molecule has 7 heteroatoms. The van der Waals surface area contributed by atoms with Crippen LogP contribution in [0, 0.1) is 5.92 Å². The number of benzene rings is 2. The van der Waals surface area contributed by atoms with Gasteiger partial charge in [-0.3, -0.25) is 9.59 Å². The van der Waals surface area contributed by atoms with E-state index in [1.807, 2.05) is 48.5 Å². The third kappa shape index (κ3) is 3.62. The van der Waals surface area contributed by atoms with Crippen LogP contribution in [0.5, 0.6) is 0 Å². The number of hydrogen-bond donors (Lipinski definition) is 0. The van der Waals surface area contributed by atoms with Crippen LogP contribution in [0.1, 0.15) is 42.9 Å². The number of carbonyl (C=O) groups is 3. The van der Waals surface area contributed by atoms with Crippen molar-refractivity contribution in [2.24, 2.45) is 5.92 Å². The number of carbonyl (C=O) groups excluding carboxylic acids is 3. The monoisotopic (exact) mass is 496 g/mol. The topological polar surface area (TPSA) is 66.9 Å². The van der Waals surface area contributed by atoms with Gasteiger partial charge in [0, 0.05) is 29.0 Å². The number of amides is 3. The molecule has 1 unspecified atom stereocenters. The zero-order valence-corrected chi connectivity index (χ0v) is 19.5. The summed E-state index contributed by atoms with van der Waals surface area (Å²) in [5, 5.41) is 0. The van der Waals surface area contributed by atoms with Gasteiger partial charge in [-0.05, 0) is 55.4 Å². The van der Waals surface area contributed by atoms with Crippen LogP contribution in [0.3, 0.4) is 0 Å². The molecule has 0 radical (unpaired) electrons. The van der Waals surface area contributed by atoms with Gasteiger partial charge in [-0.2, -0.15) is 0 Å². The molecule has 1 saturated heterocycles. The Morgan fingerprint density at radius 3 is 2.69 bits per heavy atom. The summed E-state index contributed by atoms with van der Waals surface area (Å²) in [6.07, 6.45) is 2.51. The number of imide groups is 1. The molecule has 1 heterocycles. The predicted molar refractivity (Wildman–Crippen MR) is 122 cm³/mol. The summed E-state index contributed by atoms with van der Waals surface area (Å²) in [5.41, 5.74) is 1.43. The molecule has 6 nitrogen and oxygen atoms in total. The second-order valence-corrected chi connectivity index (χ2v) is 9.89. The van der Waals surface area contributed by atoms with Crippen molar-refractivity contribution < 1.29 is 19.1 Å². The first-order valence-corrected chi connectivity index (χ1v) is 11.9. The second-order valence-electron chi connectivity index (χ2n) is 8.97. The molecular formula is C25H25BrN2O4. The van der Waals surface area contributed by atoms with Gasteiger partial charge in [-0.25, -0.2) is 9.69 Å². The summed E-state index contributed by atoms with van der Waals surface area (Å²) in [5.74, 6) is -0.198. The molecule has 1 saturated carbocycles. The van der Waals surface area contributed by atoms with E-state index in [1.54, 1.807) is 4.90 Å². The fraction of sp³-hybridized carbons (Fsp3) is 0.400. The molecular weight excluding hydrogens is 472 g/mol. The first-order valence-electron chi connectivity index (χ1n) is 11.1. The largest absolute Gasteiger partial charge is 0.427 e. The van der Waals surface area contributed by atoms with E-state index in [1.165, 1.54) is 0 Å². The van der Waals surface area contributed by atoms with Crippen molar-refractivity contribution in [3.8, 4) is 0 Å². The molecule has 1 aliphatic heterocycles. The van der Waals surface area contributed by atoms with Crippen molar-refractivity contribution in [2.45, 2.75) is 50.8 Å². The quantitative estimate of drug-likeness (QED) is 0.594. The zero-order valence-electron chi connectivity index (χ0n) is 17.9. The Bertz CT molecular complexity index is 1080. The van der Waals surface area contributed by atoms with E-state index in [9.17, 15) is 14.4 Å². The Labute approximate surface area is 195 Å². The Hall–Kier alpha value is -2.67. The Balaban J connectivity index is 1.37. The lowest BCUT2D eigenvalue weighted by Crippen LogP contribution is -2.47. The minimum Gasteiger partial charge on any atom is -0.427 e. The summed E-state index contributed by atoms with van der Waals surface area (Å²) >= 11 is 3.45. The van der Waals surface area contributed by atoms with Crippen molar-refractivity contribution >= 4 is 33.8 Å². The van der Waals surface area contributed by atoms with Gasteiger partial charge in [0.25, 0.3) is 5.91 Å². The Morgan fingerprint density at radius 2 is 1.97 bits per heavy atom. The van der Waals surface area contributed by atoms with Crippen molar-refractivity contribution in [3.63, 3.8) is 0 Å². The van der Waals surface area contributed by atoms with Crippen LogP contribution in [0.4, 0.5) is 4.79 Å². The third-order valence-electron chi connectivity index (χ3n) is 6.93. The lowest BCUT2D eigenvalue weighted by atomic mass is 9.95. The van der Waals surface area contributed by atoms with E-state index < -0.39 is 17.6 Å². The van der Waals surface area contributed by atoms with Crippen LogP contribution < -0.4 is 0 Å². The standard InChI is InChI=1S/C25H25BrN2O4/c1-16(18-7-8-18)27(14-17-5-3-2-4-6-17)22(29)15-28-23(30)25(32-24(28)31)12-11-19-13-20(26)9-10-21(19)25/h2-6,9-10,13,16,18H,7-8,11-12,14-15H2,1H3/t16?,25-/m0/s1. The molecule has 0 aromatic heterocycles. The summed E-state index contributed by atoms with van der Waals surface area (Å²) in [7, 11) is 0. The number of aryl methyl sites for hydroxylation is 1. The molecule has 3 aliphatic rings. The van der Waals surface area contributed by atoms with Crippen LogP contribution in [0.25, 0.3) is 0 Å². The van der Waals surface area contributed by atoms with Gasteiger partial charge in [0.15, 0.2) is 0 Å². The smallest absolute Gasteiger partial charge is 0.418 e. The average molecular weight is 497 g/mol. The van der Waals surface area contributed by atoms with Gasteiger partial charge in [0.1, 0.15) is 6.54 Å². The van der Waals surface area contributed by atoms with Gasteiger partial charge < -0.3 is 9.64 Å². The molecule has 2 atom stereocenters. The minimum atomic E-state index is -1.31. The molecule has 2 aromatic carbocycles. The lowest BCUT2D eigenvalue weighted by molar-refractivity contribution is -0.143. The normalized spacial score (nSPS) is 22.8. The zero-order chi connectivity index (χ0) is 22.5. The highest BCUT2D eigenvalue weighted by molar-refractivity contribution is 9.10. The van der Waals surface area contributed by atoms with E-state index in [4.69, 9.17) is 4.74 Å². The average Bonchev–Trinajstić information content (AvgIpc) is 3.54. The maximum absolute atomic E-state index is 13.4. The number of halogens is 1. The fourth-order valence-electron chi connectivity index (χ4n) is 4.92. The fourth-order valence-corrected chi connectivity index (χ4v) is 5.33. The van der Waals surface area contributed by atoms with E-state index in [2.05, 4.69) is 22.9 Å². The Kier molecular flexibility index (Phi) is 5.32. The van der Waals surface area contributed by atoms with Crippen LogP contribution in [-0.4, -0.2) is 40.3 Å². The molecule has 2 aromatic rings. The molecule has 2 aliphatic carbocycles. The number of hydrogen-bond acceptors (Lipinski definition) is 4. The van der Waals surface area contributed by atoms with E-state index in [0.717, 1.165) is 38.9 Å². The van der Waals surface area contributed by atoms with Crippen molar-refractivity contribution in [1.82, 2.24) is 9.80 Å². The molecule has 0 N–H and O–H groups in total. The molecule has 1 spiro atoms. The van der Waals surface area contributed by atoms with Crippen molar-refractivity contribution in [1.29, 1.82) is 0 Å². The number of nitrogens with zero attached hydrogens (tertiary/aromatic N) is 2. The van der Waals surface area contributed by atoms with Crippen LogP contribution in [0.2, 0.25) is 0 Å². The molecule has 3 amide bonds. The van der Waals surface area contributed by atoms with Gasteiger partial charge >= 0.3 is 6.09 Å². The Morgan fingerprint density at radius 1 is 1.22 bits per heavy atom. The summed E-state index contributed by atoms with van der Waals surface area (Å²) in [6, 6.07) is 15.5. The van der Waals surface area contributed by atoms with E-state index in [-0.39, 0.29) is 18.5 Å². The van der Waals surface area contributed by atoms with Crippen molar-refractivity contribution in [3.05, 3.63) is 69.7 Å². The molecule has 0 bridgehead atoms. The van der Waals surface area contributed by atoms with Gasteiger partial charge in [0.05, 0.1) is 0 Å². The molecule has 166 valence electrons.